The number of hydrazine groups is 1. The van der Waals surface area contributed by atoms with Crippen LogP contribution in [0.5, 0.6) is 0 Å². The maximum Gasteiger partial charge on any atom is 0.329 e. The van der Waals surface area contributed by atoms with E-state index in [2.05, 4.69) is 27.0 Å². The second-order valence-corrected chi connectivity index (χ2v) is 5.82. The first-order valence-electron chi connectivity index (χ1n) is 6.41. The zero-order valence-electron chi connectivity index (χ0n) is 11.2. The number of anilines is 2. The third-order valence-corrected chi connectivity index (χ3v) is 4.58. The molecule has 1 fully saturated rings. The van der Waals surface area contributed by atoms with Crippen LogP contribution in [0.2, 0.25) is 0 Å². The van der Waals surface area contributed by atoms with Gasteiger partial charge in [0.25, 0.3) is 0 Å². The quantitative estimate of drug-likeness (QED) is 0.427. The minimum absolute atomic E-state index is 0.129. The second kappa shape index (κ2) is 6.71. The van der Waals surface area contributed by atoms with Crippen molar-refractivity contribution >= 4 is 29.2 Å². The molecule has 1 saturated carbocycles. The fourth-order valence-corrected chi connectivity index (χ4v) is 3.06. The van der Waals surface area contributed by atoms with Crippen LogP contribution in [0.1, 0.15) is 25.7 Å². The van der Waals surface area contributed by atoms with Crippen LogP contribution in [0.15, 0.2) is 6.20 Å². The van der Waals surface area contributed by atoms with Gasteiger partial charge in [0.2, 0.25) is 11.8 Å². The van der Waals surface area contributed by atoms with Crippen LogP contribution in [0.4, 0.5) is 17.5 Å². The van der Waals surface area contributed by atoms with Crippen LogP contribution in [0.3, 0.4) is 0 Å². The van der Waals surface area contributed by atoms with E-state index in [4.69, 9.17) is 5.84 Å². The first kappa shape index (κ1) is 14.8. The van der Waals surface area contributed by atoms with Gasteiger partial charge in [-0.15, -0.1) is 0 Å². The predicted molar refractivity (Wildman–Crippen MR) is 79.7 cm³/mol. The molecule has 0 amide bonds. The smallest absolute Gasteiger partial charge is 0.329 e. The topological polar surface area (TPSA) is 119 Å². The van der Waals surface area contributed by atoms with E-state index in [1.54, 1.807) is 0 Å². The van der Waals surface area contributed by atoms with Gasteiger partial charge in [-0.3, -0.25) is 15.5 Å². The number of hydrogen-bond donors (Lipinski definition) is 3. The molecule has 0 bridgehead atoms. The Hall–Kier alpha value is -1.61. The lowest BCUT2D eigenvalue weighted by molar-refractivity contribution is -0.384. The molecule has 1 heterocycles. The van der Waals surface area contributed by atoms with Crippen LogP contribution in [0, 0.1) is 10.1 Å². The van der Waals surface area contributed by atoms with Gasteiger partial charge >= 0.3 is 5.69 Å². The molecule has 0 aromatic carbocycles. The summed E-state index contributed by atoms with van der Waals surface area (Å²) in [6.07, 6.45) is 7.47. The molecule has 8 nitrogen and oxygen atoms in total. The normalized spacial score (nSPS) is 22.3. The number of thioether (sulfide) groups is 1. The molecular formula is C11H18N6O2S. The minimum Gasteiger partial charge on any atom is -0.361 e. The Balaban J connectivity index is 2.09. The van der Waals surface area contributed by atoms with Crippen LogP contribution in [-0.4, -0.2) is 32.4 Å². The van der Waals surface area contributed by atoms with Gasteiger partial charge in [0.05, 0.1) is 4.92 Å². The van der Waals surface area contributed by atoms with Gasteiger partial charge in [-0.25, -0.2) is 10.8 Å². The first-order chi connectivity index (χ1) is 9.63. The van der Waals surface area contributed by atoms with Crippen molar-refractivity contribution in [1.29, 1.82) is 0 Å². The number of nitrogens with zero attached hydrogens (tertiary/aromatic N) is 3. The average molecular weight is 298 g/mol. The molecule has 0 aliphatic heterocycles. The summed E-state index contributed by atoms with van der Waals surface area (Å²) >= 11 is 1.88. The SMILES string of the molecule is CSC1CCC(Nc2nc(NN)ncc2[N+](=O)[O-])CC1. The van der Waals surface area contributed by atoms with Gasteiger partial charge in [0, 0.05) is 11.3 Å². The number of nitrogens with one attached hydrogen (secondary N) is 2. The number of nitrogens with two attached hydrogens (primary N) is 1. The molecule has 0 saturated heterocycles. The van der Waals surface area contributed by atoms with E-state index in [0.29, 0.717) is 5.25 Å². The van der Waals surface area contributed by atoms with Gasteiger partial charge < -0.3 is 5.32 Å². The van der Waals surface area contributed by atoms with Crippen molar-refractivity contribution in [2.45, 2.75) is 37.0 Å². The number of rotatable bonds is 5. The molecule has 0 spiro atoms. The Bertz CT molecular complexity index is 478. The van der Waals surface area contributed by atoms with Crippen LogP contribution in [-0.2, 0) is 0 Å². The van der Waals surface area contributed by atoms with Crippen molar-refractivity contribution in [1.82, 2.24) is 9.97 Å². The standard InChI is InChI=1S/C11H18N6O2S/c1-20-8-4-2-7(3-5-8)14-10-9(17(18)19)6-13-11(15-10)16-12/h6-8H,2-5,12H2,1H3,(H2,13,14,15,16). The van der Waals surface area contributed by atoms with Gasteiger partial charge in [-0.05, 0) is 31.9 Å². The van der Waals surface area contributed by atoms with E-state index >= 15 is 0 Å². The fourth-order valence-electron chi connectivity index (χ4n) is 2.32. The molecule has 1 aromatic rings. The van der Waals surface area contributed by atoms with Crippen molar-refractivity contribution in [3.05, 3.63) is 16.3 Å². The van der Waals surface area contributed by atoms with Crippen molar-refractivity contribution < 1.29 is 4.92 Å². The van der Waals surface area contributed by atoms with E-state index in [9.17, 15) is 10.1 Å². The Morgan fingerprint density at radius 1 is 1.45 bits per heavy atom. The maximum absolute atomic E-state index is 11.0. The molecule has 1 aliphatic rings. The van der Waals surface area contributed by atoms with Crippen LogP contribution < -0.4 is 16.6 Å². The number of aromatic nitrogens is 2. The van der Waals surface area contributed by atoms with Crippen molar-refractivity contribution in [3.8, 4) is 0 Å². The van der Waals surface area contributed by atoms with Crippen LogP contribution in [0.25, 0.3) is 0 Å². The first-order valence-corrected chi connectivity index (χ1v) is 7.70. The summed E-state index contributed by atoms with van der Waals surface area (Å²) in [4.78, 5) is 18.3. The predicted octanol–water partition coefficient (Wildman–Crippen LogP) is 1.76. The Kier molecular flexibility index (Phi) is 4.96. The summed E-state index contributed by atoms with van der Waals surface area (Å²) in [5, 5.41) is 14.8. The summed E-state index contributed by atoms with van der Waals surface area (Å²) < 4.78 is 0. The molecule has 2 rings (SSSR count). The van der Waals surface area contributed by atoms with E-state index in [0.717, 1.165) is 31.9 Å². The average Bonchev–Trinajstić information content (AvgIpc) is 2.47. The third-order valence-electron chi connectivity index (χ3n) is 3.44. The maximum atomic E-state index is 11.0. The monoisotopic (exact) mass is 298 g/mol. The summed E-state index contributed by atoms with van der Waals surface area (Å²) in [5.74, 6) is 5.63. The number of hydrogen-bond acceptors (Lipinski definition) is 8. The van der Waals surface area contributed by atoms with E-state index < -0.39 is 4.92 Å². The molecule has 0 unspecified atom stereocenters. The summed E-state index contributed by atoms with van der Waals surface area (Å²) in [6.45, 7) is 0. The molecule has 0 atom stereocenters. The highest BCUT2D eigenvalue weighted by Gasteiger charge is 2.24. The van der Waals surface area contributed by atoms with Crippen LogP contribution >= 0.6 is 11.8 Å². The lowest BCUT2D eigenvalue weighted by atomic mass is 9.95. The zero-order chi connectivity index (χ0) is 14.5. The summed E-state index contributed by atoms with van der Waals surface area (Å²) in [6, 6.07) is 0.206. The Morgan fingerprint density at radius 2 is 2.15 bits per heavy atom. The highest BCUT2D eigenvalue weighted by molar-refractivity contribution is 7.99. The van der Waals surface area contributed by atoms with Crippen molar-refractivity contribution in [3.63, 3.8) is 0 Å². The van der Waals surface area contributed by atoms with Gasteiger partial charge in [0.1, 0.15) is 6.20 Å². The minimum atomic E-state index is -0.490. The largest absolute Gasteiger partial charge is 0.361 e. The third kappa shape index (κ3) is 3.48. The van der Waals surface area contributed by atoms with Crippen molar-refractivity contribution in [2.75, 3.05) is 17.0 Å². The fraction of sp³-hybridized carbons (Fsp3) is 0.636. The van der Waals surface area contributed by atoms with E-state index in [1.165, 1.54) is 0 Å². The molecular weight excluding hydrogens is 280 g/mol. The van der Waals surface area contributed by atoms with Gasteiger partial charge in [-0.1, -0.05) is 0 Å². The Labute approximate surface area is 121 Å². The molecule has 4 N–H and O–H groups in total. The molecule has 20 heavy (non-hydrogen) atoms. The van der Waals surface area contributed by atoms with Crippen molar-refractivity contribution in [2.24, 2.45) is 5.84 Å². The highest BCUT2D eigenvalue weighted by atomic mass is 32.2. The van der Waals surface area contributed by atoms with Gasteiger partial charge in [-0.2, -0.15) is 16.7 Å². The lowest BCUT2D eigenvalue weighted by Gasteiger charge is -2.28. The molecule has 1 aromatic heterocycles. The summed E-state index contributed by atoms with van der Waals surface area (Å²) in [5.41, 5.74) is 2.17. The second-order valence-electron chi connectivity index (χ2n) is 4.68. The molecule has 0 radical (unpaired) electrons. The zero-order valence-corrected chi connectivity index (χ0v) is 12.0. The Morgan fingerprint density at radius 3 is 2.70 bits per heavy atom. The molecule has 9 heteroatoms. The van der Waals surface area contributed by atoms with Gasteiger partial charge in [0.15, 0.2) is 0 Å². The molecule has 110 valence electrons. The molecule has 1 aliphatic carbocycles. The van der Waals surface area contributed by atoms with E-state index in [1.807, 2.05) is 11.8 Å². The summed E-state index contributed by atoms with van der Waals surface area (Å²) in [7, 11) is 0. The number of nitrogen functional groups attached to an aromatic ring is 1. The number of nitro groups is 1. The van der Waals surface area contributed by atoms with E-state index in [-0.39, 0.29) is 23.5 Å². The lowest BCUT2D eigenvalue weighted by Crippen LogP contribution is -2.28. The highest BCUT2D eigenvalue weighted by Crippen LogP contribution is 2.30.